The van der Waals surface area contributed by atoms with Crippen molar-refractivity contribution >= 4 is 49.9 Å². The minimum Gasteiger partial charge on any atom is -0.113 e. The van der Waals surface area contributed by atoms with Gasteiger partial charge in [0.2, 0.25) is 0 Å². The molecule has 0 saturated carbocycles. The molecule has 1 unspecified atom stereocenters. The van der Waals surface area contributed by atoms with E-state index in [1.807, 2.05) is 24.3 Å². The summed E-state index contributed by atoms with van der Waals surface area (Å²) in [7, 11) is 0. The second-order valence-electron chi connectivity index (χ2n) is 5.08. The standard InChI is InChI=1S/C18H13BrCl2/c1-11-6-7-17(16-5-3-2-4-15(11)16)18(21)12-8-13(19)10-14(20)9-12/h2-10,18H,1H3. The Morgan fingerprint density at radius 3 is 2.38 bits per heavy atom. The third kappa shape index (κ3) is 2.96. The maximum atomic E-state index is 6.73. The average Bonchev–Trinajstić information content (AvgIpc) is 2.46. The molecule has 0 saturated heterocycles. The molecule has 3 aromatic rings. The van der Waals surface area contributed by atoms with Gasteiger partial charge in [-0.3, -0.25) is 0 Å². The number of fused-ring (bicyclic) bond motifs is 1. The highest BCUT2D eigenvalue weighted by Gasteiger charge is 2.15. The van der Waals surface area contributed by atoms with Crippen LogP contribution in [0.3, 0.4) is 0 Å². The highest BCUT2D eigenvalue weighted by Crippen LogP contribution is 2.36. The Morgan fingerprint density at radius 1 is 0.952 bits per heavy atom. The van der Waals surface area contributed by atoms with E-state index in [1.54, 1.807) is 0 Å². The van der Waals surface area contributed by atoms with Gasteiger partial charge in [-0.1, -0.05) is 63.9 Å². The van der Waals surface area contributed by atoms with E-state index in [9.17, 15) is 0 Å². The summed E-state index contributed by atoms with van der Waals surface area (Å²) in [6.07, 6.45) is 0. The lowest BCUT2D eigenvalue weighted by atomic mass is 9.95. The molecule has 0 radical (unpaired) electrons. The Labute approximate surface area is 142 Å². The van der Waals surface area contributed by atoms with Crippen LogP contribution < -0.4 is 0 Å². The highest BCUT2D eigenvalue weighted by atomic mass is 79.9. The number of hydrogen-bond donors (Lipinski definition) is 0. The first-order valence-electron chi connectivity index (χ1n) is 6.64. The van der Waals surface area contributed by atoms with Gasteiger partial charge in [-0.15, -0.1) is 11.6 Å². The van der Waals surface area contributed by atoms with Crippen LogP contribution >= 0.6 is 39.1 Å². The zero-order chi connectivity index (χ0) is 15.0. The molecule has 3 rings (SSSR count). The fourth-order valence-electron chi connectivity index (χ4n) is 2.60. The molecule has 0 fully saturated rings. The molecule has 0 aliphatic carbocycles. The summed E-state index contributed by atoms with van der Waals surface area (Å²) in [4.78, 5) is 0. The molecule has 3 aromatic carbocycles. The Bertz CT molecular complexity index is 791. The van der Waals surface area contributed by atoms with Crippen LogP contribution in [0.25, 0.3) is 10.8 Å². The van der Waals surface area contributed by atoms with Crippen molar-refractivity contribution in [3.05, 3.63) is 80.8 Å². The molecule has 0 nitrogen and oxygen atoms in total. The van der Waals surface area contributed by atoms with Gasteiger partial charge >= 0.3 is 0 Å². The Balaban J connectivity index is 2.18. The van der Waals surface area contributed by atoms with E-state index in [1.165, 1.54) is 16.3 Å². The van der Waals surface area contributed by atoms with Crippen LogP contribution in [0, 0.1) is 6.92 Å². The summed E-state index contributed by atoms with van der Waals surface area (Å²) >= 11 is 16.3. The molecule has 0 spiro atoms. The minimum atomic E-state index is -0.231. The molecule has 3 heteroatoms. The van der Waals surface area contributed by atoms with Crippen molar-refractivity contribution < 1.29 is 0 Å². The van der Waals surface area contributed by atoms with E-state index >= 15 is 0 Å². The molecular weight excluding hydrogens is 367 g/mol. The molecule has 0 amide bonds. The first-order valence-corrected chi connectivity index (χ1v) is 8.25. The van der Waals surface area contributed by atoms with E-state index in [4.69, 9.17) is 23.2 Å². The zero-order valence-corrected chi connectivity index (χ0v) is 14.5. The summed E-state index contributed by atoms with van der Waals surface area (Å²) in [5.74, 6) is 0. The zero-order valence-electron chi connectivity index (χ0n) is 11.4. The largest absolute Gasteiger partial charge is 0.113 e. The van der Waals surface area contributed by atoms with Crippen LogP contribution in [0.15, 0.2) is 59.1 Å². The molecular formula is C18H13BrCl2. The van der Waals surface area contributed by atoms with Crippen LogP contribution in [0.2, 0.25) is 5.02 Å². The van der Waals surface area contributed by atoms with Gasteiger partial charge in [-0.2, -0.15) is 0 Å². The molecule has 0 bridgehead atoms. The third-order valence-electron chi connectivity index (χ3n) is 3.63. The lowest BCUT2D eigenvalue weighted by molar-refractivity contribution is 1.15. The SMILES string of the molecule is Cc1ccc(C(Cl)c2cc(Cl)cc(Br)c2)c2ccccc12. The quantitative estimate of drug-likeness (QED) is 0.425. The van der Waals surface area contributed by atoms with E-state index in [2.05, 4.69) is 53.2 Å². The molecule has 0 aliphatic heterocycles. The van der Waals surface area contributed by atoms with Crippen LogP contribution in [0.5, 0.6) is 0 Å². The third-order valence-corrected chi connectivity index (χ3v) is 4.79. The monoisotopic (exact) mass is 378 g/mol. The Hall–Kier alpha value is -1.02. The predicted molar refractivity (Wildman–Crippen MR) is 95.5 cm³/mol. The van der Waals surface area contributed by atoms with Crippen LogP contribution in [-0.2, 0) is 0 Å². The van der Waals surface area contributed by atoms with E-state index in [0.29, 0.717) is 5.02 Å². The smallest absolute Gasteiger partial charge is 0.0842 e. The Kier molecular flexibility index (Phi) is 4.26. The van der Waals surface area contributed by atoms with Crippen molar-refractivity contribution in [3.63, 3.8) is 0 Å². The van der Waals surface area contributed by atoms with E-state index in [0.717, 1.165) is 15.6 Å². The molecule has 106 valence electrons. The van der Waals surface area contributed by atoms with Crippen molar-refractivity contribution in [2.75, 3.05) is 0 Å². The van der Waals surface area contributed by atoms with Gasteiger partial charge in [0.05, 0.1) is 5.38 Å². The molecule has 0 heterocycles. The second-order valence-corrected chi connectivity index (χ2v) is 6.87. The summed E-state index contributed by atoms with van der Waals surface area (Å²) in [6.45, 7) is 2.12. The fraction of sp³-hybridized carbons (Fsp3) is 0.111. The maximum absolute atomic E-state index is 6.73. The van der Waals surface area contributed by atoms with Gasteiger partial charge in [0.25, 0.3) is 0 Å². The van der Waals surface area contributed by atoms with Crippen LogP contribution in [0.1, 0.15) is 22.1 Å². The van der Waals surface area contributed by atoms with Gasteiger partial charge in [-0.25, -0.2) is 0 Å². The lowest BCUT2D eigenvalue weighted by Gasteiger charge is -2.15. The molecule has 0 N–H and O–H groups in total. The maximum Gasteiger partial charge on any atom is 0.0842 e. The first kappa shape index (κ1) is 14.9. The molecule has 0 aliphatic rings. The number of rotatable bonds is 2. The average molecular weight is 380 g/mol. The van der Waals surface area contributed by atoms with Crippen molar-refractivity contribution in [1.29, 1.82) is 0 Å². The molecule has 1 atom stereocenters. The van der Waals surface area contributed by atoms with Crippen molar-refractivity contribution in [1.82, 2.24) is 0 Å². The number of halogens is 3. The minimum absolute atomic E-state index is 0.231. The Morgan fingerprint density at radius 2 is 1.67 bits per heavy atom. The second kappa shape index (κ2) is 6.00. The highest BCUT2D eigenvalue weighted by molar-refractivity contribution is 9.10. The molecule has 0 aromatic heterocycles. The van der Waals surface area contributed by atoms with Gasteiger partial charge < -0.3 is 0 Å². The lowest BCUT2D eigenvalue weighted by Crippen LogP contribution is -1.96. The number of benzene rings is 3. The first-order chi connectivity index (χ1) is 10.1. The van der Waals surface area contributed by atoms with Gasteiger partial charge in [0.15, 0.2) is 0 Å². The van der Waals surface area contributed by atoms with Crippen LogP contribution in [-0.4, -0.2) is 0 Å². The normalized spacial score (nSPS) is 12.6. The van der Waals surface area contributed by atoms with Crippen molar-refractivity contribution in [2.45, 2.75) is 12.3 Å². The van der Waals surface area contributed by atoms with Gasteiger partial charge in [0, 0.05) is 9.50 Å². The summed E-state index contributed by atoms with van der Waals surface area (Å²) in [6, 6.07) is 18.4. The topological polar surface area (TPSA) is 0 Å². The van der Waals surface area contributed by atoms with Gasteiger partial charge in [0.1, 0.15) is 0 Å². The predicted octanol–water partition coefficient (Wildman–Crippen LogP) is 6.89. The van der Waals surface area contributed by atoms with Crippen molar-refractivity contribution in [3.8, 4) is 0 Å². The number of aryl methyl sites for hydroxylation is 1. The summed E-state index contributed by atoms with van der Waals surface area (Å²) in [5.41, 5.74) is 3.35. The fourth-order valence-corrected chi connectivity index (χ4v) is 3.80. The number of hydrogen-bond acceptors (Lipinski definition) is 0. The summed E-state index contributed by atoms with van der Waals surface area (Å²) < 4.78 is 0.937. The molecule has 21 heavy (non-hydrogen) atoms. The van der Waals surface area contributed by atoms with Crippen molar-refractivity contribution in [2.24, 2.45) is 0 Å². The van der Waals surface area contributed by atoms with Crippen LogP contribution in [0.4, 0.5) is 0 Å². The van der Waals surface area contributed by atoms with E-state index in [-0.39, 0.29) is 5.38 Å². The number of alkyl halides is 1. The summed E-state index contributed by atoms with van der Waals surface area (Å²) in [5, 5.41) is 2.88. The van der Waals surface area contributed by atoms with Gasteiger partial charge in [-0.05, 0) is 52.6 Å². The van der Waals surface area contributed by atoms with E-state index < -0.39 is 0 Å².